The first-order valence-corrected chi connectivity index (χ1v) is 5.45. The molecule has 0 bridgehead atoms. The average molecular weight is 226 g/mol. The summed E-state index contributed by atoms with van der Waals surface area (Å²) < 4.78 is 5.30. The summed E-state index contributed by atoms with van der Waals surface area (Å²) in [6, 6.07) is 11.5. The van der Waals surface area contributed by atoms with E-state index in [-0.39, 0.29) is 0 Å². The van der Waals surface area contributed by atoms with Gasteiger partial charge < -0.3 is 9.84 Å². The summed E-state index contributed by atoms with van der Waals surface area (Å²) in [5.74, 6) is 3.28. The highest BCUT2D eigenvalue weighted by Gasteiger charge is 2.12. The summed E-state index contributed by atoms with van der Waals surface area (Å²) in [5.41, 5.74) is 0.847. The van der Waals surface area contributed by atoms with Crippen molar-refractivity contribution in [1.82, 2.24) is 0 Å². The number of benzene rings is 2. The molecule has 0 aliphatic rings. The van der Waals surface area contributed by atoms with Crippen LogP contribution in [0.5, 0.6) is 5.75 Å². The van der Waals surface area contributed by atoms with E-state index in [1.807, 2.05) is 36.4 Å². The number of rotatable bonds is 3. The van der Waals surface area contributed by atoms with Crippen LogP contribution in [0.3, 0.4) is 0 Å². The van der Waals surface area contributed by atoms with Gasteiger partial charge in [-0.05, 0) is 17.0 Å². The molecule has 0 heterocycles. The highest BCUT2D eigenvalue weighted by atomic mass is 16.5. The monoisotopic (exact) mass is 226 g/mol. The first-order chi connectivity index (χ1) is 8.27. The first-order valence-electron chi connectivity index (χ1n) is 5.45. The molecule has 0 aliphatic heterocycles. The van der Waals surface area contributed by atoms with Crippen LogP contribution in [0.2, 0.25) is 0 Å². The van der Waals surface area contributed by atoms with E-state index < -0.39 is 6.10 Å². The van der Waals surface area contributed by atoms with Crippen molar-refractivity contribution in [2.45, 2.75) is 12.5 Å². The van der Waals surface area contributed by atoms with E-state index >= 15 is 0 Å². The number of aliphatic hydroxyl groups is 1. The molecule has 1 atom stereocenters. The third kappa shape index (κ3) is 2.11. The summed E-state index contributed by atoms with van der Waals surface area (Å²) >= 11 is 0. The summed E-state index contributed by atoms with van der Waals surface area (Å²) in [4.78, 5) is 0. The molecule has 86 valence electrons. The van der Waals surface area contributed by atoms with Crippen molar-refractivity contribution in [2.24, 2.45) is 0 Å². The second kappa shape index (κ2) is 4.90. The van der Waals surface area contributed by atoms with Crippen LogP contribution in [0.15, 0.2) is 36.4 Å². The molecule has 0 saturated carbocycles. The maximum Gasteiger partial charge on any atom is 0.126 e. The van der Waals surface area contributed by atoms with Crippen LogP contribution in [-0.2, 0) is 0 Å². The number of hydrogen-bond donors (Lipinski definition) is 1. The van der Waals surface area contributed by atoms with Gasteiger partial charge in [0.1, 0.15) is 5.75 Å². The first kappa shape index (κ1) is 11.5. The van der Waals surface area contributed by atoms with Gasteiger partial charge in [-0.15, -0.1) is 12.3 Å². The molecule has 0 fully saturated rings. The maximum absolute atomic E-state index is 10.00. The molecule has 0 radical (unpaired) electrons. The van der Waals surface area contributed by atoms with Gasteiger partial charge in [0.05, 0.1) is 13.2 Å². The Hall–Kier alpha value is -1.98. The van der Waals surface area contributed by atoms with E-state index in [2.05, 4.69) is 5.92 Å². The van der Waals surface area contributed by atoms with Gasteiger partial charge in [0.15, 0.2) is 0 Å². The Morgan fingerprint density at radius 2 is 1.94 bits per heavy atom. The molecular formula is C15H14O2. The zero-order valence-corrected chi connectivity index (χ0v) is 9.68. The summed E-state index contributed by atoms with van der Waals surface area (Å²) in [5, 5.41) is 12.0. The van der Waals surface area contributed by atoms with Gasteiger partial charge in [-0.25, -0.2) is 0 Å². The minimum absolute atomic E-state index is 0.316. The maximum atomic E-state index is 10.00. The van der Waals surface area contributed by atoms with Crippen molar-refractivity contribution >= 4 is 10.8 Å². The lowest BCUT2D eigenvalue weighted by Gasteiger charge is -2.13. The van der Waals surface area contributed by atoms with E-state index in [1.54, 1.807) is 7.11 Å². The van der Waals surface area contributed by atoms with Crippen LogP contribution in [-0.4, -0.2) is 12.2 Å². The molecule has 17 heavy (non-hydrogen) atoms. The normalized spacial score (nSPS) is 12.1. The quantitative estimate of drug-likeness (QED) is 0.815. The van der Waals surface area contributed by atoms with E-state index in [0.29, 0.717) is 6.42 Å². The fourth-order valence-electron chi connectivity index (χ4n) is 1.98. The molecular weight excluding hydrogens is 212 g/mol. The SMILES string of the molecule is C#CCC(O)c1ccc(OC)c2ccccc12. The van der Waals surface area contributed by atoms with Gasteiger partial charge in [-0.3, -0.25) is 0 Å². The molecule has 1 unspecified atom stereocenters. The molecule has 2 aromatic carbocycles. The fourth-order valence-corrected chi connectivity index (χ4v) is 1.98. The van der Waals surface area contributed by atoms with Crippen molar-refractivity contribution in [3.8, 4) is 18.1 Å². The Bertz CT molecular complexity index is 567. The molecule has 0 saturated heterocycles. The zero-order valence-electron chi connectivity index (χ0n) is 9.68. The van der Waals surface area contributed by atoms with Gasteiger partial charge in [-0.2, -0.15) is 0 Å². The third-order valence-electron chi connectivity index (χ3n) is 2.81. The Balaban J connectivity index is 2.63. The number of aliphatic hydroxyl groups excluding tert-OH is 1. The third-order valence-corrected chi connectivity index (χ3v) is 2.81. The van der Waals surface area contributed by atoms with Crippen molar-refractivity contribution in [3.05, 3.63) is 42.0 Å². The second-order valence-electron chi connectivity index (χ2n) is 3.83. The number of fused-ring (bicyclic) bond motifs is 1. The molecule has 0 aliphatic carbocycles. The molecule has 2 nitrogen and oxygen atoms in total. The molecule has 2 rings (SSSR count). The largest absolute Gasteiger partial charge is 0.496 e. The lowest BCUT2D eigenvalue weighted by Crippen LogP contribution is -1.98. The second-order valence-corrected chi connectivity index (χ2v) is 3.83. The minimum atomic E-state index is -0.629. The standard InChI is InChI=1S/C15H14O2/c1-3-6-14(16)12-9-10-15(17-2)13-8-5-4-7-11(12)13/h1,4-5,7-10,14,16H,6H2,2H3. The predicted molar refractivity (Wildman–Crippen MR) is 68.9 cm³/mol. The van der Waals surface area contributed by atoms with Crippen LogP contribution in [0.1, 0.15) is 18.1 Å². The average Bonchev–Trinajstić information content (AvgIpc) is 2.37. The van der Waals surface area contributed by atoms with Gasteiger partial charge in [0, 0.05) is 11.8 Å². The van der Waals surface area contributed by atoms with Crippen molar-refractivity contribution in [1.29, 1.82) is 0 Å². The lowest BCUT2D eigenvalue weighted by molar-refractivity contribution is 0.185. The highest BCUT2D eigenvalue weighted by Crippen LogP contribution is 2.32. The molecule has 0 spiro atoms. The number of ether oxygens (including phenoxy) is 1. The highest BCUT2D eigenvalue weighted by molar-refractivity contribution is 5.91. The minimum Gasteiger partial charge on any atom is -0.496 e. The Morgan fingerprint density at radius 3 is 2.59 bits per heavy atom. The van der Waals surface area contributed by atoms with E-state index in [9.17, 15) is 5.11 Å². The van der Waals surface area contributed by atoms with Gasteiger partial charge in [0.25, 0.3) is 0 Å². The van der Waals surface area contributed by atoms with Crippen molar-refractivity contribution < 1.29 is 9.84 Å². The van der Waals surface area contributed by atoms with Crippen LogP contribution in [0.4, 0.5) is 0 Å². The molecule has 0 amide bonds. The molecule has 0 aromatic heterocycles. The summed E-state index contributed by atoms with van der Waals surface area (Å²) in [7, 11) is 1.64. The van der Waals surface area contributed by atoms with Crippen LogP contribution >= 0.6 is 0 Å². The Kier molecular flexibility index (Phi) is 3.32. The van der Waals surface area contributed by atoms with Gasteiger partial charge in [0.2, 0.25) is 0 Å². The van der Waals surface area contributed by atoms with E-state index in [0.717, 1.165) is 22.1 Å². The van der Waals surface area contributed by atoms with E-state index in [4.69, 9.17) is 11.2 Å². The number of methoxy groups -OCH3 is 1. The van der Waals surface area contributed by atoms with Crippen LogP contribution < -0.4 is 4.74 Å². The fraction of sp³-hybridized carbons (Fsp3) is 0.200. The smallest absolute Gasteiger partial charge is 0.126 e. The topological polar surface area (TPSA) is 29.5 Å². The lowest BCUT2D eigenvalue weighted by atomic mass is 9.98. The number of hydrogen-bond acceptors (Lipinski definition) is 2. The Morgan fingerprint density at radius 1 is 1.24 bits per heavy atom. The Labute approximate surface area is 101 Å². The van der Waals surface area contributed by atoms with Gasteiger partial charge in [-0.1, -0.05) is 30.3 Å². The molecule has 2 aromatic rings. The van der Waals surface area contributed by atoms with Crippen molar-refractivity contribution in [3.63, 3.8) is 0 Å². The number of terminal acetylenes is 1. The molecule has 1 N–H and O–H groups in total. The zero-order chi connectivity index (χ0) is 12.3. The summed E-state index contributed by atoms with van der Waals surface area (Å²) in [6.45, 7) is 0. The molecule has 2 heteroatoms. The predicted octanol–water partition coefficient (Wildman–Crippen LogP) is 2.91. The summed E-state index contributed by atoms with van der Waals surface area (Å²) in [6.07, 6.45) is 4.92. The van der Waals surface area contributed by atoms with Crippen LogP contribution in [0.25, 0.3) is 10.8 Å². The van der Waals surface area contributed by atoms with Crippen molar-refractivity contribution in [2.75, 3.05) is 7.11 Å². The van der Waals surface area contributed by atoms with Crippen LogP contribution in [0, 0.1) is 12.3 Å². The van der Waals surface area contributed by atoms with Gasteiger partial charge >= 0.3 is 0 Å². The van der Waals surface area contributed by atoms with E-state index in [1.165, 1.54) is 0 Å².